The number of carbonyl (C=O) groups is 1. The third-order valence-electron chi connectivity index (χ3n) is 4.20. The van der Waals surface area contributed by atoms with Gasteiger partial charge < -0.3 is 5.32 Å². The smallest absolute Gasteiger partial charge is 0.267 e. The molecule has 0 atom stereocenters. The number of anilines is 1. The highest BCUT2D eigenvalue weighted by atomic mass is 79.9. The van der Waals surface area contributed by atoms with Gasteiger partial charge in [-0.05, 0) is 62.4 Å². The van der Waals surface area contributed by atoms with E-state index in [0.717, 1.165) is 4.68 Å². The van der Waals surface area contributed by atoms with Crippen molar-refractivity contribution in [1.29, 1.82) is 0 Å². The van der Waals surface area contributed by atoms with Crippen molar-refractivity contribution < 1.29 is 13.6 Å². The van der Waals surface area contributed by atoms with E-state index >= 15 is 0 Å². The molecular formula is C20H16BrF2N3O2. The van der Waals surface area contributed by atoms with Crippen LogP contribution in [0.3, 0.4) is 0 Å². The molecule has 144 valence electrons. The summed E-state index contributed by atoms with van der Waals surface area (Å²) in [6.45, 7) is 3.00. The molecule has 0 saturated carbocycles. The Kier molecular flexibility index (Phi) is 5.42. The first kappa shape index (κ1) is 19.9. The Hall–Kier alpha value is -2.87. The summed E-state index contributed by atoms with van der Waals surface area (Å²) in [5.74, 6) is -1.62. The standard InChI is InChI=1S/C20H16BrF2N3O2/c1-20(2,19(28)24-17-8-5-13(21)11-15(17)23)26-18(27)10-9-16(25-26)12-3-6-14(22)7-4-12/h3-11H,1-2H3,(H,24,28). The maximum Gasteiger partial charge on any atom is 0.267 e. The highest BCUT2D eigenvalue weighted by molar-refractivity contribution is 9.10. The van der Waals surface area contributed by atoms with Crippen molar-refractivity contribution in [2.45, 2.75) is 19.4 Å². The van der Waals surface area contributed by atoms with Gasteiger partial charge in [0.15, 0.2) is 0 Å². The Labute approximate surface area is 168 Å². The predicted molar refractivity (Wildman–Crippen MR) is 106 cm³/mol. The van der Waals surface area contributed by atoms with Gasteiger partial charge in [-0.1, -0.05) is 15.9 Å². The molecule has 1 heterocycles. The third-order valence-corrected chi connectivity index (χ3v) is 4.70. The number of amides is 1. The number of nitrogens with zero attached hydrogens (tertiary/aromatic N) is 2. The predicted octanol–water partition coefficient (Wildman–Crippen LogP) is 4.32. The molecule has 0 spiro atoms. The molecule has 1 amide bonds. The van der Waals surface area contributed by atoms with Gasteiger partial charge in [-0.3, -0.25) is 9.59 Å². The number of aromatic nitrogens is 2. The molecular weight excluding hydrogens is 432 g/mol. The van der Waals surface area contributed by atoms with E-state index in [9.17, 15) is 18.4 Å². The minimum absolute atomic E-state index is 0.0102. The second-order valence-electron chi connectivity index (χ2n) is 6.61. The van der Waals surface area contributed by atoms with E-state index in [2.05, 4.69) is 26.3 Å². The lowest BCUT2D eigenvalue weighted by Crippen LogP contribution is -2.47. The molecule has 3 rings (SSSR count). The first-order valence-electron chi connectivity index (χ1n) is 8.32. The average Bonchev–Trinajstić information content (AvgIpc) is 2.65. The summed E-state index contributed by atoms with van der Waals surface area (Å²) in [6, 6.07) is 12.6. The van der Waals surface area contributed by atoms with E-state index in [1.807, 2.05) is 0 Å². The van der Waals surface area contributed by atoms with Crippen LogP contribution in [0.4, 0.5) is 14.5 Å². The van der Waals surface area contributed by atoms with Crippen LogP contribution in [0.15, 0.2) is 63.9 Å². The van der Waals surface area contributed by atoms with Gasteiger partial charge in [0, 0.05) is 16.1 Å². The van der Waals surface area contributed by atoms with Crippen LogP contribution in [0.25, 0.3) is 11.3 Å². The average molecular weight is 448 g/mol. The zero-order chi connectivity index (χ0) is 20.5. The van der Waals surface area contributed by atoms with Crippen LogP contribution in [0, 0.1) is 11.6 Å². The molecule has 5 nitrogen and oxygen atoms in total. The fourth-order valence-corrected chi connectivity index (χ4v) is 2.88. The summed E-state index contributed by atoms with van der Waals surface area (Å²) in [5, 5.41) is 6.75. The fraction of sp³-hybridized carbons (Fsp3) is 0.150. The molecule has 8 heteroatoms. The maximum absolute atomic E-state index is 14.0. The first-order valence-corrected chi connectivity index (χ1v) is 9.11. The van der Waals surface area contributed by atoms with E-state index in [-0.39, 0.29) is 5.69 Å². The molecule has 0 bridgehead atoms. The van der Waals surface area contributed by atoms with Crippen molar-refractivity contribution in [3.05, 3.63) is 81.1 Å². The molecule has 0 radical (unpaired) electrons. The first-order chi connectivity index (χ1) is 13.2. The summed E-state index contributed by atoms with van der Waals surface area (Å²) >= 11 is 3.15. The Balaban J connectivity index is 1.96. The lowest BCUT2D eigenvalue weighted by atomic mass is 10.0. The van der Waals surface area contributed by atoms with Crippen LogP contribution in [0.1, 0.15) is 13.8 Å². The van der Waals surface area contributed by atoms with Gasteiger partial charge in [-0.2, -0.15) is 5.10 Å². The van der Waals surface area contributed by atoms with Gasteiger partial charge in [0.05, 0.1) is 11.4 Å². The lowest BCUT2D eigenvalue weighted by Gasteiger charge is -2.25. The van der Waals surface area contributed by atoms with Gasteiger partial charge in [-0.15, -0.1) is 0 Å². The Morgan fingerprint density at radius 1 is 1.07 bits per heavy atom. The van der Waals surface area contributed by atoms with Crippen LogP contribution < -0.4 is 10.9 Å². The fourth-order valence-electron chi connectivity index (χ4n) is 2.55. The van der Waals surface area contributed by atoms with E-state index in [4.69, 9.17) is 0 Å². The zero-order valence-corrected chi connectivity index (χ0v) is 16.6. The number of carbonyl (C=O) groups excluding carboxylic acids is 1. The van der Waals surface area contributed by atoms with Crippen molar-refractivity contribution in [3.63, 3.8) is 0 Å². The van der Waals surface area contributed by atoms with Crippen molar-refractivity contribution in [1.82, 2.24) is 9.78 Å². The van der Waals surface area contributed by atoms with Crippen molar-refractivity contribution in [2.75, 3.05) is 5.32 Å². The molecule has 0 saturated heterocycles. The van der Waals surface area contributed by atoms with Gasteiger partial charge in [0.25, 0.3) is 11.5 Å². The summed E-state index contributed by atoms with van der Waals surface area (Å²) < 4.78 is 28.7. The molecule has 1 N–H and O–H groups in total. The monoisotopic (exact) mass is 447 g/mol. The normalized spacial score (nSPS) is 11.3. The molecule has 0 aliphatic carbocycles. The van der Waals surface area contributed by atoms with E-state index < -0.39 is 28.6 Å². The number of nitrogens with one attached hydrogen (secondary N) is 1. The number of hydrogen-bond acceptors (Lipinski definition) is 3. The van der Waals surface area contributed by atoms with Crippen molar-refractivity contribution in [2.24, 2.45) is 0 Å². The van der Waals surface area contributed by atoms with Gasteiger partial charge in [-0.25, -0.2) is 13.5 Å². The van der Waals surface area contributed by atoms with Gasteiger partial charge in [0.1, 0.15) is 17.2 Å². The largest absolute Gasteiger partial charge is 0.321 e. The van der Waals surface area contributed by atoms with E-state index in [1.165, 1.54) is 62.4 Å². The highest BCUT2D eigenvalue weighted by Crippen LogP contribution is 2.23. The molecule has 0 fully saturated rings. The maximum atomic E-state index is 14.0. The quantitative estimate of drug-likeness (QED) is 0.647. The highest BCUT2D eigenvalue weighted by Gasteiger charge is 2.32. The van der Waals surface area contributed by atoms with Crippen LogP contribution in [0.5, 0.6) is 0 Å². The van der Waals surface area contributed by atoms with Crippen LogP contribution in [-0.4, -0.2) is 15.7 Å². The zero-order valence-electron chi connectivity index (χ0n) is 15.0. The number of halogens is 3. The molecule has 1 aromatic heterocycles. The second-order valence-corrected chi connectivity index (χ2v) is 7.53. The number of rotatable bonds is 4. The Morgan fingerprint density at radius 2 is 1.75 bits per heavy atom. The van der Waals surface area contributed by atoms with Gasteiger partial charge in [0.2, 0.25) is 0 Å². The van der Waals surface area contributed by atoms with Crippen molar-refractivity contribution in [3.8, 4) is 11.3 Å². The topological polar surface area (TPSA) is 64.0 Å². The third kappa shape index (κ3) is 4.01. The number of hydrogen-bond donors (Lipinski definition) is 1. The number of benzene rings is 2. The molecule has 3 aromatic rings. The van der Waals surface area contributed by atoms with E-state index in [0.29, 0.717) is 15.7 Å². The second kappa shape index (κ2) is 7.63. The van der Waals surface area contributed by atoms with Crippen molar-refractivity contribution >= 4 is 27.5 Å². The van der Waals surface area contributed by atoms with Crippen LogP contribution >= 0.6 is 15.9 Å². The molecule has 0 aliphatic heterocycles. The Morgan fingerprint density at radius 3 is 2.39 bits per heavy atom. The Bertz CT molecular complexity index is 1100. The lowest BCUT2D eigenvalue weighted by molar-refractivity contribution is -0.123. The molecule has 2 aromatic carbocycles. The van der Waals surface area contributed by atoms with Crippen LogP contribution in [-0.2, 0) is 10.3 Å². The summed E-state index contributed by atoms with van der Waals surface area (Å²) in [6.07, 6.45) is 0. The van der Waals surface area contributed by atoms with Crippen LogP contribution in [0.2, 0.25) is 0 Å². The summed E-state index contributed by atoms with van der Waals surface area (Å²) in [4.78, 5) is 25.1. The molecule has 0 unspecified atom stereocenters. The summed E-state index contributed by atoms with van der Waals surface area (Å²) in [5.41, 5.74) is -0.931. The van der Waals surface area contributed by atoms with E-state index in [1.54, 1.807) is 6.07 Å². The SMILES string of the molecule is CC(C)(C(=O)Nc1ccc(Br)cc1F)n1nc(-c2ccc(F)cc2)ccc1=O. The summed E-state index contributed by atoms with van der Waals surface area (Å²) in [7, 11) is 0. The minimum atomic E-state index is -1.41. The van der Waals surface area contributed by atoms with Gasteiger partial charge >= 0.3 is 0 Å². The molecule has 28 heavy (non-hydrogen) atoms. The molecule has 0 aliphatic rings. The minimum Gasteiger partial charge on any atom is -0.321 e.